The molecule has 0 unspecified atom stereocenters. The van der Waals surface area contributed by atoms with Gasteiger partial charge in [-0.1, -0.05) is 55.3 Å². The second-order valence-corrected chi connectivity index (χ2v) is 7.84. The molecule has 4 heteroatoms. The van der Waals surface area contributed by atoms with Gasteiger partial charge in [-0.25, -0.2) is 0 Å². The Morgan fingerprint density at radius 1 is 1.00 bits per heavy atom. The van der Waals surface area contributed by atoms with Crippen LogP contribution in [0.5, 0.6) is 0 Å². The van der Waals surface area contributed by atoms with Crippen LogP contribution in [0.4, 0.5) is 0 Å². The quantitative estimate of drug-likeness (QED) is 0.603. The third-order valence-corrected chi connectivity index (χ3v) is 8.03. The molecule has 0 radical (unpaired) electrons. The van der Waals surface area contributed by atoms with Gasteiger partial charge in [0.05, 0.1) is 4.58 Å². The van der Waals surface area contributed by atoms with E-state index in [-0.39, 0.29) is 0 Å². The largest absolute Gasteiger partial charge is 0.0739 e. The lowest BCUT2D eigenvalue weighted by Gasteiger charge is -2.00. The fourth-order valence-electron chi connectivity index (χ4n) is 0.843. The highest BCUT2D eigenvalue weighted by atomic mass is 33.1. The summed E-state index contributed by atoms with van der Waals surface area (Å²) in [6, 6.07) is 8.60. The predicted octanol–water partition coefficient (Wildman–Crippen LogP) is 4.53. The fraction of sp³-hybridized carbons (Fsp3) is 0.250. The van der Waals surface area contributed by atoms with E-state index in [4.69, 9.17) is 0 Å². The summed E-state index contributed by atoms with van der Waals surface area (Å²) in [6.07, 6.45) is 0. The van der Waals surface area contributed by atoms with Crippen molar-refractivity contribution in [3.8, 4) is 0 Å². The van der Waals surface area contributed by atoms with Crippen molar-refractivity contribution in [1.82, 2.24) is 0 Å². The molecule has 0 fully saturated rings. The molecule has 1 heterocycles. The number of rotatable bonds is 0. The topological polar surface area (TPSA) is 0 Å². The number of hydrogen-bond donors (Lipinski definition) is 0. The average molecular weight is 232 g/mol. The molecule has 1 aliphatic heterocycles. The highest BCUT2D eigenvalue weighted by Gasteiger charge is 2.14. The van der Waals surface area contributed by atoms with Crippen molar-refractivity contribution in [2.45, 2.75) is 21.3 Å². The van der Waals surface area contributed by atoms with Crippen LogP contribution in [0.15, 0.2) is 34.1 Å². The Hall–Kier alpha value is 0.620. The molecule has 12 heavy (non-hydrogen) atoms. The van der Waals surface area contributed by atoms with Gasteiger partial charge >= 0.3 is 0 Å². The van der Waals surface area contributed by atoms with E-state index in [0.717, 1.165) is 0 Å². The molecule has 0 aromatic heterocycles. The minimum atomic E-state index is 0.674. The van der Waals surface area contributed by atoms with Crippen LogP contribution >= 0.6 is 43.2 Å². The Morgan fingerprint density at radius 2 is 1.50 bits per heavy atom. The van der Waals surface area contributed by atoms with Gasteiger partial charge in [0.1, 0.15) is 0 Å². The first-order valence-corrected chi connectivity index (χ1v) is 8.04. The minimum absolute atomic E-state index is 0.674. The standard InChI is InChI=1S/C8H8S4/c1-6-9-11-7-4-2-3-5-8(7)12-10-6/h2-6H,1H3. The maximum Gasteiger partial charge on any atom is 0.0688 e. The van der Waals surface area contributed by atoms with E-state index >= 15 is 0 Å². The Balaban J connectivity index is 2.26. The van der Waals surface area contributed by atoms with Crippen molar-refractivity contribution in [1.29, 1.82) is 0 Å². The second kappa shape index (κ2) is 4.22. The lowest BCUT2D eigenvalue weighted by molar-refractivity contribution is 1.27. The molecule has 0 amide bonds. The van der Waals surface area contributed by atoms with Gasteiger partial charge in [-0.15, -0.1) is 0 Å². The lowest BCUT2D eigenvalue weighted by Crippen LogP contribution is -1.77. The molecule has 0 bridgehead atoms. The number of hydrogen-bond acceptors (Lipinski definition) is 4. The Bertz CT molecular complexity index is 247. The molecule has 1 aromatic rings. The summed E-state index contributed by atoms with van der Waals surface area (Å²) in [5.41, 5.74) is 0. The molecular formula is C8H8S4. The van der Waals surface area contributed by atoms with Gasteiger partial charge in [0.15, 0.2) is 0 Å². The molecule has 0 saturated heterocycles. The van der Waals surface area contributed by atoms with Gasteiger partial charge in [0, 0.05) is 9.79 Å². The first kappa shape index (κ1) is 9.19. The van der Waals surface area contributed by atoms with E-state index in [0.29, 0.717) is 4.58 Å². The van der Waals surface area contributed by atoms with E-state index in [9.17, 15) is 0 Å². The van der Waals surface area contributed by atoms with E-state index in [1.54, 1.807) is 0 Å². The van der Waals surface area contributed by atoms with E-state index in [1.165, 1.54) is 9.79 Å². The Labute approximate surface area is 88.4 Å². The van der Waals surface area contributed by atoms with Crippen LogP contribution in [0.1, 0.15) is 6.92 Å². The summed E-state index contributed by atoms with van der Waals surface area (Å²) in [6.45, 7) is 2.25. The first-order chi connectivity index (χ1) is 5.86. The molecule has 1 aliphatic rings. The van der Waals surface area contributed by atoms with E-state index in [1.807, 2.05) is 43.2 Å². The van der Waals surface area contributed by atoms with Crippen LogP contribution in [-0.4, -0.2) is 4.58 Å². The molecule has 0 aliphatic carbocycles. The summed E-state index contributed by atoms with van der Waals surface area (Å²) in [4.78, 5) is 2.81. The highest BCUT2D eigenvalue weighted by molar-refractivity contribution is 8.86. The molecule has 0 saturated carbocycles. The van der Waals surface area contributed by atoms with Crippen molar-refractivity contribution >= 4 is 43.2 Å². The molecule has 0 spiro atoms. The van der Waals surface area contributed by atoms with Gasteiger partial charge in [0.25, 0.3) is 0 Å². The van der Waals surface area contributed by atoms with Crippen LogP contribution in [0.2, 0.25) is 0 Å². The fourth-order valence-corrected chi connectivity index (χ4v) is 6.75. The molecule has 0 nitrogen and oxygen atoms in total. The predicted molar refractivity (Wildman–Crippen MR) is 62.8 cm³/mol. The van der Waals surface area contributed by atoms with Crippen molar-refractivity contribution in [3.05, 3.63) is 24.3 Å². The SMILES string of the molecule is CC1SSc2ccccc2SS1. The average Bonchev–Trinajstić information content (AvgIpc) is 2.29. The molecule has 2 rings (SSSR count). The summed E-state index contributed by atoms with van der Waals surface area (Å²) in [5.74, 6) is 0. The second-order valence-electron chi connectivity index (χ2n) is 2.37. The Morgan fingerprint density at radius 3 is 2.00 bits per heavy atom. The summed E-state index contributed by atoms with van der Waals surface area (Å²) in [5, 5.41) is 0. The number of fused-ring (bicyclic) bond motifs is 1. The Kier molecular flexibility index (Phi) is 3.23. The maximum absolute atomic E-state index is 2.25. The highest BCUT2D eigenvalue weighted by Crippen LogP contribution is 2.52. The summed E-state index contributed by atoms with van der Waals surface area (Å²) < 4.78 is 0.674. The van der Waals surface area contributed by atoms with Gasteiger partial charge < -0.3 is 0 Å². The van der Waals surface area contributed by atoms with Gasteiger partial charge in [-0.3, -0.25) is 0 Å². The third kappa shape index (κ3) is 2.10. The lowest BCUT2D eigenvalue weighted by atomic mass is 10.4. The summed E-state index contributed by atoms with van der Waals surface area (Å²) in [7, 11) is 7.67. The van der Waals surface area contributed by atoms with Crippen LogP contribution in [0.25, 0.3) is 0 Å². The van der Waals surface area contributed by atoms with Crippen molar-refractivity contribution in [2.75, 3.05) is 0 Å². The first-order valence-electron chi connectivity index (χ1n) is 3.62. The zero-order valence-electron chi connectivity index (χ0n) is 6.52. The van der Waals surface area contributed by atoms with Crippen LogP contribution in [0, 0.1) is 0 Å². The van der Waals surface area contributed by atoms with Crippen molar-refractivity contribution < 1.29 is 0 Å². The monoisotopic (exact) mass is 232 g/mol. The van der Waals surface area contributed by atoms with Gasteiger partial charge in [-0.05, 0) is 19.1 Å². The smallest absolute Gasteiger partial charge is 0.0688 e. The molecule has 64 valence electrons. The molecular weight excluding hydrogens is 224 g/mol. The zero-order chi connectivity index (χ0) is 8.39. The summed E-state index contributed by atoms with van der Waals surface area (Å²) >= 11 is 0. The minimum Gasteiger partial charge on any atom is -0.0739 e. The van der Waals surface area contributed by atoms with Crippen LogP contribution < -0.4 is 0 Å². The van der Waals surface area contributed by atoms with Crippen molar-refractivity contribution in [3.63, 3.8) is 0 Å². The van der Waals surface area contributed by atoms with Gasteiger partial charge in [-0.2, -0.15) is 0 Å². The molecule has 0 atom stereocenters. The maximum atomic E-state index is 2.25. The normalized spacial score (nSPS) is 18.4. The van der Waals surface area contributed by atoms with E-state index < -0.39 is 0 Å². The van der Waals surface area contributed by atoms with Gasteiger partial charge in [0.2, 0.25) is 0 Å². The van der Waals surface area contributed by atoms with E-state index in [2.05, 4.69) is 31.2 Å². The molecule has 0 N–H and O–H groups in total. The van der Waals surface area contributed by atoms with Crippen molar-refractivity contribution in [2.24, 2.45) is 0 Å². The van der Waals surface area contributed by atoms with Crippen LogP contribution in [-0.2, 0) is 0 Å². The third-order valence-electron chi connectivity index (χ3n) is 1.40. The van der Waals surface area contributed by atoms with Crippen LogP contribution in [0.3, 0.4) is 0 Å². The zero-order valence-corrected chi connectivity index (χ0v) is 9.79. The number of benzene rings is 1. The molecule has 1 aromatic carbocycles.